The van der Waals surface area contributed by atoms with Crippen molar-refractivity contribution < 1.29 is 19.0 Å². The molecule has 0 radical (unpaired) electrons. The summed E-state index contributed by atoms with van der Waals surface area (Å²) in [5, 5.41) is 18.1. The summed E-state index contributed by atoms with van der Waals surface area (Å²) < 4.78 is 24.1. The first-order valence-corrected chi connectivity index (χ1v) is 6.27. The molecule has 0 heterocycles. The first-order chi connectivity index (χ1) is 10.2. The highest BCUT2D eigenvalue weighted by Gasteiger charge is 2.11. The molecule has 1 N–H and O–H groups in total. The molecule has 2 rings (SSSR count). The summed E-state index contributed by atoms with van der Waals surface area (Å²) in [7, 11) is 1.51. The van der Waals surface area contributed by atoms with Crippen LogP contribution in [0.1, 0.15) is 16.7 Å². The molecule has 2 aromatic rings. The average molecular weight is 287 g/mol. The summed E-state index contributed by atoms with van der Waals surface area (Å²) in [6.45, 7) is -0.0400. The van der Waals surface area contributed by atoms with Gasteiger partial charge in [-0.1, -0.05) is 18.2 Å². The number of nitrogens with zero attached hydrogens (tertiary/aromatic N) is 1. The number of methoxy groups -OCH3 is 1. The van der Waals surface area contributed by atoms with Crippen molar-refractivity contribution in [2.75, 3.05) is 7.11 Å². The fourth-order valence-electron chi connectivity index (χ4n) is 1.91. The number of para-hydroxylation sites is 1. The highest BCUT2D eigenvalue weighted by molar-refractivity contribution is 5.46. The van der Waals surface area contributed by atoms with Crippen LogP contribution in [-0.4, -0.2) is 12.2 Å². The van der Waals surface area contributed by atoms with E-state index in [2.05, 4.69) is 0 Å². The largest absolute Gasteiger partial charge is 0.493 e. The maximum Gasteiger partial charge on any atom is 0.167 e. The van der Waals surface area contributed by atoms with Crippen LogP contribution in [0.25, 0.3) is 0 Å². The summed E-state index contributed by atoms with van der Waals surface area (Å²) in [6.07, 6.45) is 0. The number of aliphatic hydroxyl groups excluding tert-OH is 1. The molecule has 0 saturated heterocycles. The molecular formula is C16H14FNO3. The Bertz CT molecular complexity index is 657. The van der Waals surface area contributed by atoms with E-state index in [4.69, 9.17) is 14.7 Å². The van der Waals surface area contributed by atoms with Gasteiger partial charge in [0.25, 0.3) is 0 Å². The Kier molecular flexibility index (Phi) is 4.75. The van der Waals surface area contributed by atoms with E-state index in [1.54, 1.807) is 30.3 Å². The Hall–Kier alpha value is -2.58. The molecule has 0 aromatic heterocycles. The summed E-state index contributed by atoms with van der Waals surface area (Å²) >= 11 is 0. The second-order valence-electron chi connectivity index (χ2n) is 4.32. The lowest BCUT2D eigenvalue weighted by atomic mass is 10.1. The standard InChI is InChI=1S/C16H14FNO3/c1-20-15-4-2-3-12(9-19)16(15)21-10-11-5-6-14(17)13(7-11)8-18/h2-7,19H,9-10H2,1H3. The molecule has 4 nitrogen and oxygen atoms in total. The van der Waals surface area contributed by atoms with E-state index >= 15 is 0 Å². The van der Waals surface area contributed by atoms with Crippen LogP contribution in [0.5, 0.6) is 11.5 Å². The van der Waals surface area contributed by atoms with Crippen LogP contribution in [0.3, 0.4) is 0 Å². The summed E-state index contributed by atoms with van der Waals surface area (Å²) in [5.41, 5.74) is 1.22. The Morgan fingerprint density at radius 3 is 2.76 bits per heavy atom. The number of benzene rings is 2. The Morgan fingerprint density at radius 1 is 1.29 bits per heavy atom. The highest BCUT2D eigenvalue weighted by atomic mass is 19.1. The normalized spacial score (nSPS) is 10.0. The fraction of sp³-hybridized carbons (Fsp3) is 0.188. The molecule has 0 bridgehead atoms. The third kappa shape index (κ3) is 3.30. The Morgan fingerprint density at radius 2 is 2.10 bits per heavy atom. The zero-order valence-electron chi connectivity index (χ0n) is 11.5. The highest BCUT2D eigenvalue weighted by Crippen LogP contribution is 2.31. The van der Waals surface area contributed by atoms with Gasteiger partial charge in [-0.2, -0.15) is 5.26 Å². The SMILES string of the molecule is COc1cccc(CO)c1OCc1ccc(F)c(C#N)c1. The third-order valence-electron chi connectivity index (χ3n) is 2.99. The molecule has 108 valence electrons. The maximum absolute atomic E-state index is 13.3. The van der Waals surface area contributed by atoms with E-state index in [0.29, 0.717) is 22.6 Å². The molecule has 0 saturated carbocycles. The van der Waals surface area contributed by atoms with Gasteiger partial charge in [0, 0.05) is 5.56 Å². The first kappa shape index (κ1) is 14.8. The van der Waals surface area contributed by atoms with Gasteiger partial charge in [-0.25, -0.2) is 4.39 Å². The topological polar surface area (TPSA) is 62.5 Å². The molecule has 0 aliphatic heterocycles. The lowest BCUT2D eigenvalue weighted by Gasteiger charge is -2.14. The predicted molar refractivity (Wildman–Crippen MR) is 74.4 cm³/mol. The van der Waals surface area contributed by atoms with Gasteiger partial charge in [0.15, 0.2) is 11.5 Å². The summed E-state index contributed by atoms with van der Waals surface area (Å²) in [4.78, 5) is 0. The Labute approximate surface area is 122 Å². The molecule has 21 heavy (non-hydrogen) atoms. The van der Waals surface area contributed by atoms with Crippen LogP contribution >= 0.6 is 0 Å². The van der Waals surface area contributed by atoms with Gasteiger partial charge in [0.2, 0.25) is 0 Å². The van der Waals surface area contributed by atoms with Gasteiger partial charge < -0.3 is 14.6 Å². The fourth-order valence-corrected chi connectivity index (χ4v) is 1.91. The minimum Gasteiger partial charge on any atom is -0.493 e. The molecule has 0 atom stereocenters. The molecule has 0 amide bonds. The second kappa shape index (κ2) is 6.73. The van der Waals surface area contributed by atoms with Crippen LogP contribution in [0, 0.1) is 17.1 Å². The van der Waals surface area contributed by atoms with E-state index in [9.17, 15) is 9.50 Å². The Balaban J connectivity index is 2.22. The number of rotatable bonds is 5. The van der Waals surface area contributed by atoms with Gasteiger partial charge in [-0.3, -0.25) is 0 Å². The molecule has 5 heteroatoms. The van der Waals surface area contributed by atoms with E-state index in [1.807, 2.05) is 0 Å². The van der Waals surface area contributed by atoms with Crippen molar-refractivity contribution in [1.29, 1.82) is 5.26 Å². The molecule has 0 spiro atoms. The van der Waals surface area contributed by atoms with Crippen molar-refractivity contribution in [2.45, 2.75) is 13.2 Å². The van der Waals surface area contributed by atoms with E-state index in [0.717, 1.165) is 0 Å². The number of nitriles is 1. The van der Waals surface area contributed by atoms with Crippen LogP contribution in [-0.2, 0) is 13.2 Å². The van der Waals surface area contributed by atoms with E-state index in [1.165, 1.54) is 19.2 Å². The summed E-state index contributed by atoms with van der Waals surface area (Å²) in [5.74, 6) is 0.379. The van der Waals surface area contributed by atoms with Crippen LogP contribution in [0.2, 0.25) is 0 Å². The van der Waals surface area contributed by atoms with Crippen LogP contribution in [0.4, 0.5) is 4.39 Å². The first-order valence-electron chi connectivity index (χ1n) is 6.27. The minimum absolute atomic E-state index is 0.0292. The van der Waals surface area contributed by atoms with Crippen molar-refractivity contribution >= 4 is 0 Å². The smallest absolute Gasteiger partial charge is 0.167 e. The van der Waals surface area contributed by atoms with Crippen LogP contribution in [0.15, 0.2) is 36.4 Å². The lowest BCUT2D eigenvalue weighted by Crippen LogP contribution is -2.02. The minimum atomic E-state index is -0.561. The monoisotopic (exact) mass is 287 g/mol. The van der Waals surface area contributed by atoms with Gasteiger partial charge in [-0.15, -0.1) is 0 Å². The van der Waals surface area contributed by atoms with Crippen molar-refractivity contribution in [3.05, 3.63) is 58.9 Å². The molecule has 0 aliphatic carbocycles. The van der Waals surface area contributed by atoms with E-state index in [-0.39, 0.29) is 18.8 Å². The van der Waals surface area contributed by atoms with Crippen molar-refractivity contribution in [3.63, 3.8) is 0 Å². The zero-order chi connectivity index (χ0) is 15.2. The predicted octanol–water partition coefficient (Wildman–Crippen LogP) is 2.78. The number of aliphatic hydroxyl groups is 1. The van der Waals surface area contributed by atoms with Crippen molar-refractivity contribution in [3.8, 4) is 17.6 Å². The van der Waals surface area contributed by atoms with Gasteiger partial charge in [0.05, 0.1) is 19.3 Å². The van der Waals surface area contributed by atoms with Gasteiger partial charge in [-0.05, 0) is 23.8 Å². The maximum atomic E-state index is 13.3. The van der Waals surface area contributed by atoms with Crippen LogP contribution < -0.4 is 9.47 Å². The van der Waals surface area contributed by atoms with Crippen molar-refractivity contribution in [1.82, 2.24) is 0 Å². The number of hydrogen-bond acceptors (Lipinski definition) is 4. The van der Waals surface area contributed by atoms with Crippen molar-refractivity contribution in [2.24, 2.45) is 0 Å². The third-order valence-corrected chi connectivity index (χ3v) is 2.99. The zero-order valence-corrected chi connectivity index (χ0v) is 11.5. The number of ether oxygens (including phenoxy) is 2. The molecule has 0 fully saturated rings. The quantitative estimate of drug-likeness (QED) is 0.918. The van der Waals surface area contributed by atoms with E-state index < -0.39 is 5.82 Å². The molecule has 2 aromatic carbocycles. The summed E-state index contributed by atoms with van der Waals surface area (Å²) in [6, 6.07) is 11.2. The average Bonchev–Trinajstić information content (AvgIpc) is 2.53. The number of hydrogen-bond donors (Lipinski definition) is 1. The second-order valence-corrected chi connectivity index (χ2v) is 4.32. The molecular weight excluding hydrogens is 273 g/mol. The number of halogens is 1. The van der Waals surface area contributed by atoms with Gasteiger partial charge in [0.1, 0.15) is 18.5 Å². The molecule has 0 aliphatic rings. The van der Waals surface area contributed by atoms with Gasteiger partial charge >= 0.3 is 0 Å². The molecule has 0 unspecified atom stereocenters. The lowest BCUT2D eigenvalue weighted by molar-refractivity contribution is 0.250.